The molecule has 0 heterocycles. The zero-order valence-electron chi connectivity index (χ0n) is 19.4. The topological polar surface area (TPSA) is 118 Å². The molecule has 166 valence electrons. The molecule has 9 heteroatoms. The van der Waals surface area contributed by atoms with E-state index in [1.54, 1.807) is 0 Å². The number of hydrogen-bond donors (Lipinski definition) is 3. The van der Waals surface area contributed by atoms with Crippen LogP contribution in [0, 0.1) is 0 Å². The van der Waals surface area contributed by atoms with E-state index in [0.29, 0.717) is 6.42 Å². The fourth-order valence-electron chi connectivity index (χ4n) is 3.10. The molecule has 0 aromatic rings. The molecule has 1 unspecified atom stereocenters. The van der Waals surface area contributed by atoms with Crippen LogP contribution in [-0.4, -0.2) is 75.4 Å². The molecule has 0 aliphatic heterocycles. The Morgan fingerprint density at radius 1 is 0.828 bits per heavy atom. The zero-order valence-corrected chi connectivity index (χ0v) is 20.4. The first kappa shape index (κ1) is 30.5. The smallest absolute Gasteiger partial charge is 1.00 e. The third kappa shape index (κ3) is 17.9. The Morgan fingerprint density at radius 2 is 1.28 bits per heavy atom. The average Bonchev–Trinajstić information content (AvgIpc) is 2.59. The zero-order chi connectivity index (χ0) is 21.4. The molecule has 0 rings (SSSR count). The number of carboxylic acids is 2. The maximum Gasteiger partial charge on any atom is 1.00 e. The molecule has 0 bridgehead atoms. The van der Waals surface area contributed by atoms with Crippen LogP contribution in [0.5, 0.6) is 0 Å². The molecule has 8 nitrogen and oxygen atoms in total. The summed E-state index contributed by atoms with van der Waals surface area (Å²) >= 11 is 0. The normalized spacial score (nSPS) is 11.7. The molecule has 1 amide bonds. The summed E-state index contributed by atoms with van der Waals surface area (Å²) in [6.45, 7) is 3.00. The Labute approximate surface area is 198 Å². The van der Waals surface area contributed by atoms with E-state index >= 15 is 0 Å². The van der Waals surface area contributed by atoms with Crippen molar-refractivity contribution in [2.24, 2.45) is 0 Å². The van der Waals surface area contributed by atoms with Crippen molar-refractivity contribution < 1.29 is 60.7 Å². The van der Waals surface area contributed by atoms with Crippen LogP contribution in [-0.2, 0) is 14.4 Å². The quantitative estimate of drug-likeness (QED) is 0.156. The maximum atomic E-state index is 12.4. The van der Waals surface area contributed by atoms with Gasteiger partial charge in [0.25, 0.3) is 0 Å². The first-order chi connectivity index (χ1) is 13.3. The standard InChI is InChI=1S/C20H38N2O6.Na.H/c1-3-4-5-6-7-8-9-10-11-12-18(24)22(17(2)23)14-13-21(15-19(25)26)16-20(27)28;;/h17,23H,3-16H2,1-2H3,(H,25,26)(H,27,28);;/q;+1;-1. The van der Waals surface area contributed by atoms with Crippen LogP contribution in [0.25, 0.3) is 0 Å². The molecule has 0 saturated heterocycles. The SMILES string of the molecule is CCCCCCCCCCCC(=O)N(CCN(CC(=O)O)CC(=O)O)C(C)O.[H-].[Na+]. The largest absolute Gasteiger partial charge is 1.00 e. The van der Waals surface area contributed by atoms with Gasteiger partial charge < -0.3 is 21.6 Å². The molecule has 0 saturated carbocycles. The van der Waals surface area contributed by atoms with E-state index < -0.39 is 31.3 Å². The number of carbonyl (C=O) groups is 3. The van der Waals surface area contributed by atoms with Gasteiger partial charge in [0.1, 0.15) is 6.23 Å². The summed E-state index contributed by atoms with van der Waals surface area (Å²) in [7, 11) is 0. The molecule has 0 spiro atoms. The van der Waals surface area contributed by atoms with E-state index in [0.717, 1.165) is 19.3 Å². The molecule has 0 radical (unpaired) electrons. The van der Waals surface area contributed by atoms with Gasteiger partial charge in [0.05, 0.1) is 13.1 Å². The molecular formula is C20H39N2NaO6. The number of hydrogen-bond acceptors (Lipinski definition) is 5. The van der Waals surface area contributed by atoms with E-state index in [-0.39, 0.29) is 50.0 Å². The minimum Gasteiger partial charge on any atom is -1.00 e. The molecule has 0 aromatic carbocycles. The fourth-order valence-corrected chi connectivity index (χ4v) is 3.10. The summed E-state index contributed by atoms with van der Waals surface area (Å²) < 4.78 is 0. The van der Waals surface area contributed by atoms with Gasteiger partial charge in [-0.05, 0) is 13.3 Å². The number of aliphatic hydroxyl groups is 1. The minimum atomic E-state index is -1.13. The second-order valence-corrected chi connectivity index (χ2v) is 7.30. The third-order valence-electron chi connectivity index (χ3n) is 4.64. The first-order valence-electron chi connectivity index (χ1n) is 10.4. The molecule has 0 aliphatic carbocycles. The van der Waals surface area contributed by atoms with Crippen molar-refractivity contribution in [3.05, 3.63) is 0 Å². The van der Waals surface area contributed by atoms with Gasteiger partial charge >= 0.3 is 41.5 Å². The molecule has 3 N–H and O–H groups in total. The van der Waals surface area contributed by atoms with Crippen molar-refractivity contribution in [2.75, 3.05) is 26.2 Å². The van der Waals surface area contributed by atoms with Crippen LogP contribution in [0.3, 0.4) is 0 Å². The summed E-state index contributed by atoms with van der Waals surface area (Å²) in [5.74, 6) is -2.46. The van der Waals surface area contributed by atoms with Gasteiger partial charge in [0.2, 0.25) is 5.91 Å². The molecule has 0 aromatic heterocycles. The van der Waals surface area contributed by atoms with Gasteiger partial charge in [-0.3, -0.25) is 19.3 Å². The summed E-state index contributed by atoms with van der Waals surface area (Å²) in [6, 6.07) is 0. The molecule has 0 aliphatic rings. The second kappa shape index (κ2) is 19.3. The molecule has 0 fully saturated rings. The Morgan fingerprint density at radius 3 is 1.69 bits per heavy atom. The summed E-state index contributed by atoms with van der Waals surface area (Å²) in [5, 5.41) is 27.6. The number of unbranched alkanes of at least 4 members (excludes halogenated alkanes) is 8. The van der Waals surface area contributed by atoms with Gasteiger partial charge in [-0.2, -0.15) is 0 Å². The van der Waals surface area contributed by atoms with Crippen molar-refractivity contribution in [2.45, 2.75) is 84.3 Å². The fraction of sp³-hybridized carbons (Fsp3) is 0.850. The van der Waals surface area contributed by atoms with Crippen LogP contribution >= 0.6 is 0 Å². The van der Waals surface area contributed by atoms with E-state index in [9.17, 15) is 19.5 Å². The average molecular weight is 427 g/mol. The van der Waals surface area contributed by atoms with Gasteiger partial charge in [0.15, 0.2) is 0 Å². The van der Waals surface area contributed by atoms with Gasteiger partial charge in [-0.1, -0.05) is 58.3 Å². The number of aliphatic carboxylic acids is 2. The maximum absolute atomic E-state index is 12.4. The van der Waals surface area contributed by atoms with Gasteiger partial charge in [0, 0.05) is 19.5 Å². The van der Waals surface area contributed by atoms with Crippen LogP contribution in [0.1, 0.15) is 79.5 Å². The minimum absolute atomic E-state index is 0. The van der Waals surface area contributed by atoms with Crippen LogP contribution in [0.2, 0.25) is 0 Å². The predicted molar refractivity (Wildman–Crippen MR) is 108 cm³/mol. The van der Waals surface area contributed by atoms with Crippen molar-refractivity contribution in [1.29, 1.82) is 0 Å². The van der Waals surface area contributed by atoms with E-state index in [1.807, 2.05) is 0 Å². The number of nitrogens with zero attached hydrogens (tertiary/aromatic N) is 2. The van der Waals surface area contributed by atoms with Crippen LogP contribution in [0.15, 0.2) is 0 Å². The van der Waals surface area contributed by atoms with Crippen LogP contribution in [0.4, 0.5) is 0 Å². The van der Waals surface area contributed by atoms with Crippen molar-refractivity contribution in [3.63, 3.8) is 0 Å². The van der Waals surface area contributed by atoms with Gasteiger partial charge in [-0.15, -0.1) is 0 Å². The van der Waals surface area contributed by atoms with E-state index in [2.05, 4.69) is 6.92 Å². The Hall–Kier alpha value is -0.670. The van der Waals surface area contributed by atoms with E-state index in [1.165, 1.54) is 55.2 Å². The third-order valence-corrected chi connectivity index (χ3v) is 4.64. The number of carbonyl (C=O) groups excluding carboxylic acids is 1. The van der Waals surface area contributed by atoms with Crippen molar-refractivity contribution in [3.8, 4) is 0 Å². The Bertz CT molecular complexity index is 453. The number of rotatable bonds is 18. The number of amides is 1. The summed E-state index contributed by atoms with van der Waals surface area (Å²) in [5.41, 5.74) is 0. The molecule has 1 atom stereocenters. The summed E-state index contributed by atoms with van der Waals surface area (Å²) in [6.07, 6.45) is 9.66. The van der Waals surface area contributed by atoms with Gasteiger partial charge in [-0.25, -0.2) is 0 Å². The Balaban J connectivity index is -0.00000364. The second-order valence-electron chi connectivity index (χ2n) is 7.30. The van der Waals surface area contributed by atoms with E-state index in [4.69, 9.17) is 10.2 Å². The number of carboxylic acid groups (broad SMARTS) is 2. The Kier molecular flexibility index (Phi) is 20.3. The number of aliphatic hydroxyl groups excluding tert-OH is 1. The monoisotopic (exact) mass is 426 g/mol. The summed E-state index contributed by atoms with van der Waals surface area (Å²) in [4.78, 5) is 36.6. The predicted octanol–water partition coefficient (Wildman–Crippen LogP) is -0.338. The first-order valence-corrected chi connectivity index (χ1v) is 10.4. The molecule has 29 heavy (non-hydrogen) atoms. The van der Waals surface area contributed by atoms with Crippen molar-refractivity contribution >= 4 is 17.8 Å². The van der Waals surface area contributed by atoms with Crippen LogP contribution < -0.4 is 29.6 Å². The molecular weight excluding hydrogens is 387 g/mol. The van der Waals surface area contributed by atoms with Crippen molar-refractivity contribution in [1.82, 2.24) is 9.80 Å².